The topological polar surface area (TPSA) is 81.7 Å². The van der Waals surface area contributed by atoms with E-state index in [4.69, 9.17) is 9.47 Å². The molecule has 0 aliphatic carbocycles. The van der Waals surface area contributed by atoms with Crippen LogP contribution in [-0.2, 0) is 24.5 Å². The van der Waals surface area contributed by atoms with Crippen molar-refractivity contribution in [3.8, 4) is 5.75 Å². The van der Waals surface area contributed by atoms with Gasteiger partial charge in [-0.15, -0.1) is 0 Å². The Bertz CT molecular complexity index is 587. The Morgan fingerprint density at radius 3 is 2.24 bits per heavy atom. The molecule has 138 valence electrons. The van der Waals surface area contributed by atoms with E-state index in [9.17, 15) is 14.4 Å². The van der Waals surface area contributed by atoms with E-state index in [1.54, 1.807) is 0 Å². The van der Waals surface area contributed by atoms with Gasteiger partial charge in [0.1, 0.15) is 18.1 Å². The van der Waals surface area contributed by atoms with Crippen LogP contribution in [0.5, 0.6) is 5.75 Å². The van der Waals surface area contributed by atoms with Crippen molar-refractivity contribution in [1.82, 2.24) is 5.32 Å². The van der Waals surface area contributed by atoms with Gasteiger partial charge in [0.15, 0.2) is 6.61 Å². The Hall–Kier alpha value is -2.37. The van der Waals surface area contributed by atoms with Crippen LogP contribution in [0.4, 0.5) is 0 Å². The fraction of sp³-hybridized carbons (Fsp3) is 0.526. The van der Waals surface area contributed by atoms with Gasteiger partial charge in [-0.25, -0.2) is 0 Å². The van der Waals surface area contributed by atoms with Crippen LogP contribution in [0, 0.1) is 0 Å². The van der Waals surface area contributed by atoms with E-state index in [1.165, 1.54) is 12.5 Å². The highest BCUT2D eigenvalue weighted by Crippen LogP contribution is 2.24. The average Bonchev–Trinajstić information content (AvgIpc) is 2.54. The highest BCUT2D eigenvalue weighted by Gasteiger charge is 2.13. The van der Waals surface area contributed by atoms with Gasteiger partial charge in [-0.2, -0.15) is 0 Å². The van der Waals surface area contributed by atoms with Crippen molar-refractivity contribution in [3.05, 3.63) is 29.8 Å². The monoisotopic (exact) mass is 349 g/mol. The fourth-order valence-corrected chi connectivity index (χ4v) is 1.96. The number of carbonyl (C=O) groups is 3. The first-order valence-electron chi connectivity index (χ1n) is 8.33. The molecule has 0 aliphatic rings. The second kappa shape index (κ2) is 9.81. The number of amides is 1. The zero-order valence-corrected chi connectivity index (χ0v) is 15.4. The summed E-state index contributed by atoms with van der Waals surface area (Å²) in [4.78, 5) is 33.6. The zero-order chi connectivity index (χ0) is 18.9. The second-order valence-corrected chi connectivity index (χ2v) is 6.84. The summed E-state index contributed by atoms with van der Waals surface area (Å²) in [5.41, 5.74) is 1.31. The van der Waals surface area contributed by atoms with Crippen LogP contribution in [-0.4, -0.2) is 37.4 Å². The second-order valence-electron chi connectivity index (χ2n) is 6.84. The molecular weight excluding hydrogens is 322 g/mol. The number of hydrogen-bond donors (Lipinski definition) is 1. The fourth-order valence-electron chi connectivity index (χ4n) is 1.96. The Labute approximate surface area is 148 Å². The molecule has 1 aromatic carbocycles. The molecule has 0 unspecified atom stereocenters. The van der Waals surface area contributed by atoms with Crippen molar-refractivity contribution in [1.29, 1.82) is 0 Å². The lowest BCUT2D eigenvalue weighted by Gasteiger charge is -2.19. The van der Waals surface area contributed by atoms with Crippen molar-refractivity contribution in [2.24, 2.45) is 0 Å². The van der Waals surface area contributed by atoms with Crippen LogP contribution < -0.4 is 10.1 Å². The van der Waals surface area contributed by atoms with Crippen LogP contribution in [0.15, 0.2) is 24.3 Å². The zero-order valence-electron chi connectivity index (χ0n) is 15.4. The largest absolute Gasteiger partial charge is 0.492 e. The maximum absolute atomic E-state index is 11.5. The van der Waals surface area contributed by atoms with E-state index in [-0.39, 0.29) is 30.6 Å². The molecule has 0 spiro atoms. The minimum absolute atomic E-state index is 0.00369. The molecule has 1 amide bonds. The van der Waals surface area contributed by atoms with Crippen molar-refractivity contribution in [2.75, 3.05) is 19.8 Å². The van der Waals surface area contributed by atoms with E-state index < -0.39 is 11.9 Å². The number of esters is 1. The standard InChI is InChI=1S/C19H27NO5/c1-14(21)5-10-18(23)25-13-17(22)20-11-12-24-16-8-6-15(7-9-16)19(2,3)4/h6-9H,5,10-13H2,1-4H3,(H,20,22). The summed E-state index contributed by atoms with van der Waals surface area (Å²) in [6.07, 6.45) is 0.124. The third-order valence-electron chi connectivity index (χ3n) is 3.46. The normalized spacial score (nSPS) is 10.9. The third kappa shape index (κ3) is 8.88. The summed E-state index contributed by atoms with van der Waals surface area (Å²) >= 11 is 0. The van der Waals surface area contributed by atoms with Crippen LogP contribution >= 0.6 is 0 Å². The third-order valence-corrected chi connectivity index (χ3v) is 3.46. The summed E-state index contributed by atoms with van der Waals surface area (Å²) in [6, 6.07) is 7.85. The smallest absolute Gasteiger partial charge is 0.306 e. The van der Waals surface area contributed by atoms with Gasteiger partial charge < -0.3 is 19.6 Å². The highest BCUT2D eigenvalue weighted by molar-refractivity contribution is 5.83. The highest BCUT2D eigenvalue weighted by atomic mass is 16.5. The Morgan fingerprint density at radius 1 is 1.04 bits per heavy atom. The number of benzene rings is 1. The predicted molar refractivity (Wildman–Crippen MR) is 94.5 cm³/mol. The minimum atomic E-state index is -0.555. The first-order valence-corrected chi connectivity index (χ1v) is 8.33. The average molecular weight is 349 g/mol. The molecule has 1 aromatic rings. The van der Waals surface area contributed by atoms with Crippen LogP contribution in [0.1, 0.15) is 46.1 Å². The number of ketones is 1. The van der Waals surface area contributed by atoms with Crippen molar-refractivity contribution < 1.29 is 23.9 Å². The summed E-state index contributed by atoms with van der Waals surface area (Å²) in [6.45, 7) is 8.11. The molecule has 6 nitrogen and oxygen atoms in total. The Kier molecular flexibility index (Phi) is 8.11. The maximum Gasteiger partial charge on any atom is 0.306 e. The van der Waals surface area contributed by atoms with Crippen molar-refractivity contribution in [2.45, 2.75) is 46.0 Å². The molecule has 0 saturated heterocycles. The summed E-state index contributed by atoms with van der Waals surface area (Å²) in [7, 11) is 0. The molecule has 0 fully saturated rings. The van der Waals surface area contributed by atoms with Crippen LogP contribution in [0.25, 0.3) is 0 Å². The lowest BCUT2D eigenvalue weighted by Crippen LogP contribution is -2.32. The predicted octanol–water partition coefficient (Wildman–Crippen LogP) is 2.39. The van der Waals surface area contributed by atoms with Gasteiger partial charge in [0.2, 0.25) is 0 Å². The number of rotatable bonds is 9. The molecule has 25 heavy (non-hydrogen) atoms. The number of nitrogens with one attached hydrogen (secondary N) is 1. The molecule has 0 aliphatic heterocycles. The number of carbonyl (C=O) groups excluding carboxylic acids is 3. The quantitative estimate of drug-likeness (QED) is 0.547. The van der Waals surface area contributed by atoms with Gasteiger partial charge >= 0.3 is 5.97 Å². The molecule has 1 rings (SSSR count). The van der Waals surface area contributed by atoms with Gasteiger partial charge in [0.25, 0.3) is 5.91 Å². The first kappa shape index (κ1) is 20.7. The van der Waals surface area contributed by atoms with Crippen molar-refractivity contribution in [3.63, 3.8) is 0 Å². The lowest BCUT2D eigenvalue weighted by molar-refractivity contribution is -0.149. The molecule has 0 heterocycles. The van der Waals surface area contributed by atoms with Gasteiger partial charge in [0, 0.05) is 6.42 Å². The first-order chi connectivity index (χ1) is 11.7. The van der Waals surface area contributed by atoms with E-state index >= 15 is 0 Å². The number of Topliss-reactive ketones (excluding diaryl/α,β-unsaturated/α-hetero) is 1. The van der Waals surface area contributed by atoms with E-state index in [0.29, 0.717) is 13.2 Å². The number of ether oxygens (including phenoxy) is 2. The van der Waals surface area contributed by atoms with Gasteiger partial charge in [-0.1, -0.05) is 32.9 Å². The summed E-state index contributed by atoms with van der Waals surface area (Å²) < 4.78 is 10.3. The Balaban J connectivity index is 2.19. The lowest BCUT2D eigenvalue weighted by atomic mass is 9.87. The molecule has 0 saturated carbocycles. The van der Waals surface area contributed by atoms with E-state index in [0.717, 1.165) is 5.75 Å². The summed E-state index contributed by atoms with van der Waals surface area (Å²) in [5, 5.41) is 2.60. The van der Waals surface area contributed by atoms with Gasteiger partial charge in [-0.05, 0) is 30.0 Å². The molecule has 0 atom stereocenters. The molecule has 6 heteroatoms. The van der Waals surface area contributed by atoms with E-state index in [1.807, 2.05) is 24.3 Å². The van der Waals surface area contributed by atoms with Gasteiger partial charge in [0.05, 0.1) is 13.0 Å². The van der Waals surface area contributed by atoms with E-state index in [2.05, 4.69) is 26.1 Å². The van der Waals surface area contributed by atoms with Crippen molar-refractivity contribution >= 4 is 17.7 Å². The molecule has 0 aromatic heterocycles. The molecular formula is C19H27NO5. The maximum atomic E-state index is 11.5. The minimum Gasteiger partial charge on any atom is -0.492 e. The molecule has 0 radical (unpaired) electrons. The van der Waals surface area contributed by atoms with Crippen LogP contribution in [0.2, 0.25) is 0 Å². The molecule has 1 N–H and O–H groups in total. The number of hydrogen-bond acceptors (Lipinski definition) is 5. The SMILES string of the molecule is CC(=O)CCC(=O)OCC(=O)NCCOc1ccc(C(C)(C)C)cc1. The molecule has 0 bridgehead atoms. The van der Waals surface area contributed by atoms with Gasteiger partial charge in [-0.3, -0.25) is 9.59 Å². The summed E-state index contributed by atoms with van der Waals surface area (Å²) in [5.74, 6) is -0.310. The van der Waals surface area contributed by atoms with Crippen LogP contribution in [0.3, 0.4) is 0 Å². The Morgan fingerprint density at radius 2 is 1.68 bits per heavy atom.